The van der Waals surface area contributed by atoms with Crippen LogP contribution in [0.2, 0.25) is 10.0 Å². The molecule has 0 spiro atoms. The van der Waals surface area contributed by atoms with E-state index in [0.29, 0.717) is 22.2 Å². The minimum atomic E-state index is -2.98. The molecular formula is C15H10Cl2F2N4O2. The Labute approximate surface area is 150 Å². The summed E-state index contributed by atoms with van der Waals surface area (Å²) in [5, 5.41) is 8.37. The van der Waals surface area contributed by atoms with Crippen LogP contribution in [0, 0.1) is 0 Å². The molecule has 0 radical (unpaired) electrons. The van der Waals surface area contributed by atoms with Gasteiger partial charge < -0.3 is 9.47 Å². The van der Waals surface area contributed by atoms with Crippen LogP contribution >= 0.6 is 23.2 Å². The van der Waals surface area contributed by atoms with Crippen molar-refractivity contribution in [3.63, 3.8) is 0 Å². The van der Waals surface area contributed by atoms with Crippen molar-refractivity contribution >= 4 is 23.2 Å². The van der Waals surface area contributed by atoms with Gasteiger partial charge in [-0.1, -0.05) is 28.4 Å². The molecule has 0 saturated heterocycles. The topological polar surface area (TPSA) is 62.1 Å². The van der Waals surface area contributed by atoms with E-state index in [1.165, 1.54) is 23.0 Å². The van der Waals surface area contributed by atoms with Gasteiger partial charge in [0.15, 0.2) is 5.75 Å². The SMILES string of the molecule is FC(F)Oc1cc(-n2cc(COc3cnccc3Cl)nn2)ccc1Cl. The van der Waals surface area contributed by atoms with Crippen molar-refractivity contribution < 1.29 is 18.3 Å². The summed E-state index contributed by atoms with van der Waals surface area (Å²) < 4.78 is 36.0. The van der Waals surface area contributed by atoms with Crippen LogP contribution in [0.5, 0.6) is 11.5 Å². The smallest absolute Gasteiger partial charge is 0.387 e. The molecule has 6 nitrogen and oxygen atoms in total. The van der Waals surface area contributed by atoms with Crippen LogP contribution in [0.15, 0.2) is 42.9 Å². The van der Waals surface area contributed by atoms with Gasteiger partial charge in [0.05, 0.1) is 28.1 Å². The van der Waals surface area contributed by atoms with Crippen molar-refractivity contribution in [3.05, 3.63) is 58.6 Å². The van der Waals surface area contributed by atoms with Gasteiger partial charge in [0.1, 0.15) is 18.1 Å². The van der Waals surface area contributed by atoms with Crippen molar-refractivity contribution in [2.75, 3.05) is 0 Å². The maximum atomic E-state index is 12.4. The lowest BCUT2D eigenvalue weighted by molar-refractivity contribution is -0.0497. The Morgan fingerprint density at radius 3 is 2.68 bits per heavy atom. The number of benzene rings is 1. The van der Waals surface area contributed by atoms with Gasteiger partial charge in [-0.2, -0.15) is 8.78 Å². The summed E-state index contributed by atoms with van der Waals surface area (Å²) in [5.41, 5.74) is 0.962. The Morgan fingerprint density at radius 1 is 1.12 bits per heavy atom. The highest BCUT2D eigenvalue weighted by Gasteiger charge is 2.12. The molecule has 0 saturated carbocycles. The summed E-state index contributed by atoms with van der Waals surface area (Å²) in [4.78, 5) is 3.91. The first-order chi connectivity index (χ1) is 12.0. The van der Waals surface area contributed by atoms with Gasteiger partial charge in [-0.05, 0) is 18.2 Å². The van der Waals surface area contributed by atoms with E-state index in [1.807, 2.05) is 0 Å². The number of nitrogens with zero attached hydrogens (tertiary/aromatic N) is 4. The van der Waals surface area contributed by atoms with Gasteiger partial charge in [-0.15, -0.1) is 5.10 Å². The van der Waals surface area contributed by atoms with Crippen molar-refractivity contribution in [1.29, 1.82) is 0 Å². The summed E-state index contributed by atoms with van der Waals surface area (Å²) in [6.07, 6.45) is 4.62. The Hall–Kier alpha value is -2.45. The highest BCUT2D eigenvalue weighted by Crippen LogP contribution is 2.28. The average molecular weight is 387 g/mol. The number of alkyl halides is 2. The highest BCUT2D eigenvalue weighted by atomic mass is 35.5. The van der Waals surface area contributed by atoms with Gasteiger partial charge in [0.25, 0.3) is 0 Å². The van der Waals surface area contributed by atoms with E-state index in [0.717, 1.165) is 0 Å². The highest BCUT2D eigenvalue weighted by molar-refractivity contribution is 6.32. The average Bonchev–Trinajstić information content (AvgIpc) is 3.05. The summed E-state index contributed by atoms with van der Waals surface area (Å²) in [7, 11) is 0. The third kappa shape index (κ3) is 4.34. The molecule has 0 aliphatic carbocycles. The monoisotopic (exact) mass is 386 g/mol. The summed E-state index contributed by atoms with van der Waals surface area (Å²) in [6.45, 7) is -2.86. The molecule has 0 unspecified atom stereocenters. The zero-order valence-electron chi connectivity index (χ0n) is 12.4. The largest absolute Gasteiger partial charge is 0.484 e. The fourth-order valence-electron chi connectivity index (χ4n) is 1.93. The molecule has 1 aromatic carbocycles. The summed E-state index contributed by atoms with van der Waals surface area (Å²) >= 11 is 11.8. The van der Waals surface area contributed by atoms with Crippen molar-refractivity contribution in [2.45, 2.75) is 13.2 Å². The fourth-order valence-corrected chi connectivity index (χ4v) is 2.25. The van der Waals surface area contributed by atoms with E-state index in [9.17, 15) is 8.78 Å². The van der Waals surface area contributed by atoms with Crippen LogP contribution in [0.4, 0.5) is 8.78 Å². The fraction of sp³-hybridized carbons (Fsp3) is 0.133. The van der Waals surface area contributed by atoms with E-state index < -0.39 is 6.61 Å². The molecule has 0 bridgehead atoms. The molecule has 0 atom stereocenters. The molecule has 0 fully saturated rings. The quantitative estimate of drug-likeness (QED) is 0.636. The molecule has 0 amide bonds. The second kappa shape index (κ2) is 7.62. The Morgan fingerprint density at radius 2 is 1.92 bits per heavy atom. The zero-order chi connectivity index (χ0) is 17.8. The van der Waals surface area contributed by atoms with Gasteiger partial charge in [0.2, 0.25) is 0 Å². The van der Waals surface area contributed by atoms with E-state index in [-0.39, 0.29) is 17.4 Å². The molecule has 0 aliphatic rings. The number of ether oxygens (including phenoxy) is 2. The second-order valence-electron chi connectivity index (χ2n) is 4.74. The third-order valence-corrected chi connectivity index (χ3v) is 3.67. The van der Waals surface area contributed by atoms with E-state index in [4.69, 9.17) is 27.9 Å². The number of halogens is 4. The number of pyridine rings is 1. The van der Waals surface area contributed by atoms with Crippen LogP contribution < -0.4 is 9.47 Å². The molecule has 0 aliphatic heterocycles. The lowest BCUT2D eigenvalue weighted by atomic mass is 10.3. The van der Waals surface area contributed by atoms with Crippen molar-refractivity contribution in [3.8, 4) is 17.2 Å². The first-order valence-electron chi connectivity index (χ1n) is 6.91. The molecule has 10 heteroatoms. The maximum Gasteiger partial charge on any atom is 0.387 e. The van der Waals surface area contributed by atoms with Crippen molar-refractivity contribution in [1.82, 2.24) is 20.0 Å². The number of hydrogen-bond donors (Lipinski definition) is 0. The van der Waals surface area contributed by atoms with Crippen LogP contribution in [-0.2, 0) is 6.61 Å². The van der Waals surface area contributed by atoms with E-state index >= 15 is 0 Å². The summed E-state index contributed by atoms with van der Waals surface area (Å²) in [5.74, 6) is 0.266. The summed E-state index contributed by atoms with van der Waals surface area (Å²) in [6, 6.07) is 5.97. The van der Waals surface area contributed by atoms with E-state index in [1.54, 1.807) is 24.5 Å². The second-order valence-corrected chi connectivity index (χ2v) is 5.56. The van der Waals surface area contributed by atoms with Gasteiger partial charge >= 0.3 is 6.61 Å². The predicted octanol–water partition coefficient (Wildman–Crippen LogP) is 4.15. The van der Waals surface area contributed by atoms with Gasteiger partial charge in [-0.3, -0.25) is 4.98 Å². The van der Waals surface area contributed by atoms with Crippen molar-refractivity contribution in [2.24, 2.45) is 0 Å². The molecular weight excluding hydrogens is 377 g/mol. The van der Waals surface area contributed by atoms with Gasteiger partial charge in [-0.25, -0.2) is 4.68 Å². The third-order valence-electron chi connectivity index (χ3n) is 3.05. The molecule has 3 rings (SSSR count). The number of rotatable bonds is 6. The number of aromatic nitrogens is 4. The minimum absolute atomic E-state index is 0.0685. The molecule has 25 heavy (non-hydrogen) atoms. The first kappa shape index (κ1) is 17.4. The Balaban J connectivity index is 1.74. The van der Waals surface area contributed by atoms with Crippen LogP contribution in [0.3, 0.4) is 0 Å². The minimum Gasteiger partial charge on any atom is -0.484 e. The molecule has 3 aromatic rings. The van der Waals surface area contributed by atoms with Crippen LogP contribution in [0.1, 0.15) is 5.69 Å². The lowest BCUT2D eigenvalue weighted by Crippen LogP contribution is -2.03. The zero-order valence-corrected chi connectivity index (χ0v) is 14.0. The molecule has 130 valence electrons. The Bertz CT molecular complexity index is 876. The molecule has 0 N–H and O–H groups in total. The first-order valence-corrected chi connectivity index (χ1v) is 7.67. The predicted molar refractivity (Wildman–Crippen MR) is 86.6 cm³/mol. The normalized spacial score (nSPS) is 10.9. The Kier molecular flexibility index (Phi) is 5.30. The standard InChI is InChI=1S/C15H10Cl2F2N4O2/c16-11-2-1-10(5-13(11)25-15(18)19)23-7-9(21-22-23)8-24-14-6-20-4-3-12(14)17/h1-7,15H,8H2. The van der Waals surface area contributed by atoms with Crippen LogP contribution in [-0.4, -0.2) is 26.6 Å². The van der Waals surface area contributed by atoms with Crippen LogP contribution in [0.25, 0.3) is 5.69 Å². The maximum absolute atomic E-state index is 12.4. The van der Waals surface area contributed by atoms with Gasteiger partial charge in [0, 0.05) is 12.3 Å². The molecule has 2 heterocycles. The number of hydrogen-bond acceptors (Lipinski definition) is 5. The van der Waals surface area contributed by atoms with E-state index in [2.05, 4.69) is 20.0 Å². The molecule has 2 aromatic heterocycles. The lowest BCUT2D eigenvalue weighted by Gasteiger charge is -2.08.